The van der Waals surface area contributed by atoms with Crippen molar-refractivity contribution in [2.45, 2.75) is 32.4 Å². The maximum atomic E-state index is 11.6. The number of likely N-dealkylation sites (tertiary alicyclic amines) is 1. The van der Waals surface area contributed by atoms with Gasteiger partial charge in [-0.15, -0.1) is 24.0 Å². The number of hydrogen-bond acceptors (Lipinski definition) is 5. The molecular weight excluding hydrogens is 401 g/mol. The van der Waals surface area contributed by atoms with Crippen LogP contribution in [0.4, 0.5) is 4.79 Å². The van der Waals surface area contributed by atoms with E-state index in [-0.39, 0.29) is 36.1 Å². The van der Waals surface area contributed by atoms with E-state index < -0.39 is 0 Å². The maximum Gasteiger partial charge on any atom is 0.409 e. The summed E-state index contributed by atoms with van der Waals surface area (Å²) in [5.74, 6) is 0.382. The van der Waals surface area contributed by atoms with Crippen LogP contribution < -0.4 is 11.1 Å². The van der Waals surface area contributed by atoms with Crippen LogP contribution in [0, 0.1) is 0 Å². The van der Waals surface area contributed by atoms with Gasteiger partial charge in [-0.2, -0.15) is 0 Å². The lowest BCUT2D eigenvalue weighted by atomic mass is 10.1. The third-order valence-electron chi connectivity index (χ3n) is 3.28. The van der Waals surface area contributed by atoms with Gasteiger partial charge in [0.15, 0.2) is 5.96 Å². The molecule has 0 radical (unpaired) electrons. The monoisotopic (exact) mass is 423 g/mol. The van der Waals surface area contributed by atoms with E-state index in [1.54, 1.807) is 17.9 Å². The average molecular weight is 423 g/mol. The summed E-state index contributed by atoms with van der Waals surface area (Å²) < 4.78 is 9.70. The van der Waals surface area contributed by atoms with Crippen molar-refractivity contribution in [2.24, 2.45) is 10.7 Å². The molecule has 1 aliphatic rings. The van der Waals surface area contributed by atoms with Crippen molar-refractivity contribution >= 4 is 36.0 Å². The fraction of sp³-hybridized carbons (Fsp3) is 0.615. The Labute approximate surface area is 146 Å². The molecule has 0 aliphatic carbocycles. The summed E-state index contributed by atoms with van der Waals surface area (Å²) in [4.78, 5) is 17.5. The molecule has 1 fully saturated rings. The molecule has 1 aromatic heterocycles. The SMILES string of the molecule is CCOC(=O)N1CCC(NC(N)=NCc2ccon2)CC1.I. The molecule has 9 heteroatoms. The molecular formula is C13H22IN5O3. The van der Waals surface area contributed by atoms with Crippen LogP contribution in [0.3, 0.4) is 0 Å². The van der Waals surface area contributed by atoms with Gasteiger partial charge in [0.05, 0.1) is 13.2 Å². The number of aromatic nitrogens is 1. The van der Waals surface area contributed by atoms with Crippen LogP contribution in [-0.2, 0) is 11.3 Å². The predicted molar refractivity (Wildman–Crippen MR) is 92.0 cm³/mol. The number of nitrogens with one attached hydrogen (secondary N) is 1. The minimum Gasteiger partial charge on any atom is -0.450 e. The molecule has 1 saturated heterocycles. The highest BCUT2D eigenvalue weighted by atomic mass is 127. The Morgan fingerprint density at radius 3 is 2.91 bits per heavy atom. The lowest BCUT2D eigenvalue weighted by Crippen LogP contribution is -2.48. The molecule has 8 nitrogen and oxygen atoms in total. The van der Waals surface area contributed by atoms with Crippen LogP contribution >= 0.6 is 24.0 Å². The predicted octanol–water partition coefficient (Wildman–Crippen LogP) is 1.32. The minimum absolute atomic E-state index is 0. The molecule has 1 aliphatic heterocycles. The largest absolute Gasteiger partial charge is 0.450 e. The van der Waals surface area contributed by atoms with Gasteiger partial charge in [-0.1, -0.05) is 5.16 Å². The molecule has 1 aromatic rings. The van der Waals surface area contributed by atoms with Crippen molar-refractivity contribution in [1.29, 1.82) is 0 Å². The van der Waals surface area contributed by atoms with Crippen molar-refractivity contribution in [2.75, 3.05) is 19.7 Å². The Bertz CT molecular complexity index is 472. The van der Waals surface area contributed by atoms with Gasteiger partial charge in [0.1, 0.15) is 12.0 Å². The van der Waals surface area contributed by atoms with Gasteiger partial charge in [0.2, 0.25) is 0 Å². The number of guanidine groups is 1. The number of aliphatic imine (C=N–C) groups is 1. The smallest absolute Gasteiger partial charge is 0.409 e. The van der Waals surface area contributed by atoms with Gasteiger partial charge in [-0.05, 0) is 19.8 Å². The Morgan fingerprint density at radius 1 is 1.59 bits per heavy atom. The van der Waals surface area contributed by atoms with E-state index in [1.807, 2.05) is 0 Å². The number of ether oxygens (including phenoxy) is 1. The van der Waals surface area contributed by atoms with E-state index in [4.69, 9.17) is 15.0 Å². The summed E-state index contributed by atoms with van der Waals surface area (Å²) >= 11 is 0. The number of amides is 1. The summed E-state index contributed by atoms with van der Waals surface area (Å²) in [5, 5.41) is 6.92. The molecule has 2 rings (SSSR count). The summed E-state index contributed by atoms with van der Waals surface area (Å²) in [7, 11) is 0. The summed E-state index contributed by atoms with van der Waals surface area (Å²) in [6.45, 7) is 3.91. The Kier molecular flexibility index (Phi) is 7.99. The van der Waals surface area contributed by atoms with Crippen LogP contribution in [0.1, 0.15) is 25.5 Å². The number of hydrogen-bond donors (Lipinski definition) is 2. The molecule has 3 N–H and O–H groups in total. The van der Waals surface area contributed by atoms with Gasteiger partial charge in [-0.3, -0.25) is 0 Å². The van der Waals surface area contributed by atoms with Gasteiger partial charge < -0.3 is 25.2 Å². The van der Waals surface area contributed by atoms with Crippen molar-refractivity contribution in [3.05, 3.63) is 18.0 Å². The first-order valence-electron chi connectivity index (χ1n) is 7.06. The zero-order valence-electron chi connectivity index (χ0n) is 12.5. The lowest BCUT2D eigenvalue weighted by Gasteiger charge is -2.31. The topological polar surface area (TPSA) is 106 Å². The van der Waals surface area contributed by atoms with E-state index in [0.29, 0.717) is 32.2 Å². The molecule has 1 amide bonds. The number of piperidine rings is 1. The Balaban J connectivity index is 0.00000242. The number of carbonyl (C=O) groups excluding carboxylic acids is 1. The quantitative estimate of drug-likeness (QED) is 0.430. The van der Waals surface area contributed by atoms with E-state index in [2.05, 4.69) is 15.5 Å². The van der Waals surface area contributed by atoms with Gasteiger partial charge in [-0.25, -0.2) is 9.79 Å². The molecule has 0 bridgehead atoms. The fourth-order valence-corrected chi connectivity index (χ4v) is 2.16. The number of halogens is 1. The standard InChI is InChI=1S/C13H21N5O3.HI/c1-2-20-13(19)18-6-3-10(4-7-18)16-12(14)15-9-11-5-8-21-17-11;/h5,8,10H,2-4,6-7,9H2,1H3,(H3,14,15,16);1H. The van der Waals surface area contributed by atoms with Crippen LogP contribution in [0.15, 0.2) is 21.8 Å². The Morgan fingerprint density at radius 2 is 2.32 bits per heavy atom. The lowest BCUT2D eigenvalue weighted by molar-refractivity contribution is 0.0963. The molecule has 0 unspecified atom stereocenters. The van der Waals surface area contributed by atoms with Crippen molar-refractivity contribution in [3.63, 3.8) is 0 Å². The highest BCUT2D eigenvalue weighted by molar-refractivity contribution is 14.0. The van der Waals surface area contributed by atoms with Crippen molar-refractivity contribution < 1.29 is 14.1 Å². The third kappa shape index (κ3) is 5.70. The zero-order chi connectivity index (χ0) is 15.1. The first kappa shape index (κ1) is 18.5. The molecule has 0 atom stereocenters. The molecule has 0 spiro atoms. The highest BCUT2D eigenvalue weighted by Crippen LogP contribution is 2.11. The van der Waals surface area contributed by atoms with E-state index in [9.17, 15) is 4.79 Å². The average Bonchev–Trinajstić information content (AvgIpc) is 2.99. The van der Waals surface area contributed by atoms with Crippen LogP contribution in [0.2, 0.25) is 0 Å². The first-order valence-corrected chi connectivity index (χ1v) is 7.06. The van der Waals surface area contributed by atoms with Crippen molar-refractivity contribution in [3.8, 4) is 0 Å². The fourth-order valence-electron chi connectivity index (χ4n) is 2.16. The van der Waals surface area contributed by atoms with E-state index in [0.717, 1.165) is 18.5 Å². The van der Waals surface area contributed by atoms with E-state index >= 15 is 0 Å². The van der Waals surface area contributed by atoms with Gasteiger partial charge >= 0.3 is 6.09 Å². The van der Waals surface area contributed by atoms with Crippen LogP contribution in [0.25, 0.3) is 0 Å². The second-order valence-corrected chi connectivity index (χ2v) is 4.80. The number of rotatable bonds is 4. The van der Waals surface area contributed by atoms with Crippen LogP contribution in [0.5, 0.6) is 0 Å². The van der Waals surface area contributed by atoms with E-state index in [1.165, 1.54) is 6.26 Å². The van der Waals surface area contributed by atoms with Gasteiger partial charge in [0, 0.05) is 25.2 Å². The molecule has 2 heterocycles. The number of nitrogens with zero attached hydrogens (tertiary/aromatic N) is 3. The summed E-state index contributed by atoms with van der Waals surface area (Å²) in [6.07, 6.45) is 2.89. The molecule has 0 aromatic carbocycles. The summed E-state index contributed by atoms with van der Waals surface area (Å²) in [5.41, 5.74) is 6.57. The second kappa shape index (κ2) is 9.49. The highest BCUT2D eigenvalue weighted by Gasteiger charge is 2.23. The maximum absolute atomic E-state index is 11.6. The zero-order valence-corrected chi connectivity index (χ0v) is 14.9. The number of nitrogens with two attached hydrogens (primary N) is 1. The number of carbonyl (C=O) groups is 1. The molecule has 22 heavy (non-hydrogen) atoms. The first-order chi connectivity index (χ1) is 10.2. The minimum atomic E-state index is -0.247. The normalized spacial score (nSPS) is 16.0. The summed E-state index contributed by atoms with van der Waals surface area (Å²) in [6, 6.07) is 1.96. The Hall–Kier alpha value is -1.52. The molecule has 124 valence electrons. The molecule has 0 saturated carbocycles. The second-order valence-electron chi connectivity index (χ2n) is 4.80. The van der Waals surface area contributed by atoms with Crippen LogP contribution in [-0.4, -0.2) is 47.8 Å². The third-order valence-corrected chi connectivity index (χ3v) is 3.28. The van der Waals surface area contributed by atoms with Gasteiger partial charge in [0.25, 0.3) is 0 Å². The van der Waals surface area contributed by atoms with Crippen molar-refractivity contribution in [1.82, 2.24) is 15.4 Å².